The molecule has 0 radical (unpaired) electrons. The molecule has 0 saturated carbocycles. The van der Waals surface area contributed by atoms with Crippen molar-refractivity contribution in [2.24, 2.45) is 5.92 Å². The van der Waals surface area contributed by atoms with Crippen LogP contribution in [0.5, 0.6) is 11.5 Å². The fraction of sp³-hybridized carbons (Fsp3) is 0.405. The molecule has 0 saturated heterocycles. The number of nitrogens with one attached hydrogen (secondary N) is 2. The Bertz CT molecular complexity index is 1580. The molecule has 0 fully saturated rings. The highest BCUT2D eigenvalue weighted by atomic mass is 35.5. The number of hydrogen-bond donors (Lipinski definition) is 2. The number of methoxy groups -OCH3 is 2. The number of benzene rings is 4. The Kier molecular flexibility index (Phi) is 13.7. The second-order valence-corrected chi connectivity index (χ2v) is 13.4. The standard InChI is InChI=1S/C42H51FN2O3.ClH/c1-31(2)42(37-30-39(48-4)38(47-3)29-33(37)23-28-45-42)26-11-24-41(34-13-7-5-8-14-34,35-15-9-6-10-16-35)25-12-27-44-40(46)22-19-32-17-20-36(43)21-18-32;/h5-10,13-18,20-21,29-31,45H,11-12,19,22-28H2,1-4H3,(H,44,46);1H. The van der Waals surface area contributed by atoms with Gasteiger partial charge in [0, 0.05) is 30.5 Å². The van der Waals surface area contributed by atoms with Crippen molar-refractivity contribution in [3.8, 4) is 11.5 Å². The maximum atomic E-state index is 13.3. The van der Waals surface area contributed by atoms with Gasteiger partial charge >= 0.3 is 0 Å². The van der Waals surface area contributed by atoms with E-state index in [1.807, 2.05) is 0 Å². The predicted octanol–water partition coefficient (Wildman–Crippen LogP) is 8.95. The van der Waals surface area contributed by atoms with Gasteiger partial charge in [-0.15, -0.1) is 12.4 Å². The van der Waals surface area contributed by atoms with E-state index in [-0.39, 0.29) is 35.1 Å². The van der Waals surface area contributed by atoms with Crippen molar-refractivity contribution in [1.29, 1.82) is 0 Å². The fourth-order valence-electron chi connectivity index (χ4n) is 7.75. The normalized spacial score (nSPS) is 15.6. The number of aryl methyl sites for hydroxylation is 1. The second-order valence-electron chi connectivity index (χ2n) is 13.4. The summed E-state index contributed by atoms with van der Waals surface area (Å²) in [6.45, 7) is 6.17. The lowest BCUT2D eigenvalue weighted by molar-refractivity contribution is -0.121. The third-order valence-corrected chi connectivity index (χ3v) is 10.4. The number of hydrogen-bond acceptors (Lipinski definition) is 4. The van der Waals surface area contributed by atoms with Crippen molar-refractivity contribution >= 4 is 18.3 Å². The van der Waals surface area contributed by atoms with Gasteiger partial charge in [-0.05, 0) is 96.5 Å². The summed E-state index contributed by atoms with van der Waals surface area (Å²) in [5.41, 5.74) is 5.81. The molecule has 1 amide bonds. The molecule has 5 nitrogen and oxygen atoms in total. The summed E-state index contributed by atoms with van der Waals surface area (Å²) in [6.07, 6.45) is 6.65. The van der Waals surface area contributed by atoms with E-state index in [1.165, 1.54) is 34.4 Å². The third-order valence-electron chi connectivity index (χ3n) is 10.4. The van der Waals surface area contributed by atoms with Crippen LogP contribution in [0.1, 0.15) is 80.2 Å². The Hall–Kier alpha value is -3.87. The molecular formula is C42H52ClFN2O3. The number of fused-ring (bicyclic) bond motifs is 1. The topological polar surface area (TPSA) is 59.6 Å². The highest BCUT2D eigenvalue weighted by Gasteiger charge is 2.41. The third kappa shape index (κ3) is 8.84. The van der Waals surface area contributed by atoms with Gasteiger partial charge in [-0.3, -0.25) is 4.79 Å². The summed E-state index contributed by atoms with van der Waals surface area (Å²) in [4.78, 5) is 12.8. The summed E-state index contributed by atoms with van der Waals surface area (Å²) < 4.78 is 24.7. The molecule has 0 spiro atoms. The first-order valence-corrected chi connectivity index (χ1v) is 17.4. The Morgan fingerprint density at radius 1 is 0.878 bits per heavy atom. The van der Waals surface area contributed by atoms with Crippen molar-refractivity contribution in [1.82, 2.24) is 10.6 Å². The van der Waals surface area contributed by atoms with E-state index in [1.54, 1.807) is 26.4 Å². The largest absolute Gasteiger partial charge is 0.493 e. The van der Waals surface area contributed by atoms with Crippen LogP contribution >= 0.6 is 12.4 Å². The number of carbonyl (C=O) groups is 1. The van der Waals surface area contributed by atoms with E-state index >= 15 is 0 Å². The van der Waals surface area contributed by atoms with Gasteiger partial charge in [0.1, 0.15) is 5.82 Å². The number of rotatable bonds is 16. The first-order valence-electron chi connectivity index (χ1n) is 17.4. The highest BCUT2D eigenvalue weighted by molar-refractivity contribution is 5.85. The molecule has 0 aromatic heterocycles. The predicted molar refractivity (Wildman–Crippen MR) is 199 cm³/mol. The quantitative estimate of drug-likeness (QED) is 0.116. The van der Waals surface area contributed by atoms with E-state index in [0.717, 1.165) is 62.1 Å². The fourth-order valence-corrected chi connectivity index (χ4v) is 7.75. The van der Waals surface area contributed by atoms with Gasteiger partial charge in [0.25, 0.3) is 0 Å². The Morgan fingerprint density at radius 2 is 1.47 bits per heavy atom. The van der Waals surface area contributed by atoms with Crippen molar-refractivity contribution < 1.29 is 18.7 Å². The molecule has 1 atom stereocenters. The van der Waals surface area contributed by atoms with Crippen molar-refractivity contribution in [2.45, 2.75) is 76.2 Å². The van der Waals surface area contributed by atoms with E-state index in [2.05, 4.69) is 97.3 Å². The maximum absolute atomic E-state index is 13.3. The van der Waals surface area contributed by atoms with Crippen molar-refractivity contribution in [3.63, 3.8) is 0 Å². The SMILES string of the molecule is COc1cc2c(cc1OC)C(CCCC(CCCNC(=O)CCc1ccc(F)cc1)(c1ccccc1)c1ccccc1)(C(C)C)NCC2.Cl. The van der Waals surface area contributed by atoms with Crippen LogP contribution in [0.3, 0.4) is 0 Å². The van der Waals surface area contributed by atoms with Crippen LogP contribution in [0.25, 0.3) is 0 Å². The van der Waals surface area contributed by atoms with Gasteiger partial charge in [0.05, 0.1) is 14.2 Å². The minimum absolute atomic E-state index is 0. The van der Waals surface area contributed by atoms with Crippen LogP contribution in [0.2, 0.25) is 0 Å². The number of amides is 1. The molecule has 4 aromatic carbocycles. The molecule has 1 heterocycles. The monoisotopic (exact) mass is 686 g/mol. The van der Waals surface area contributed by atoms with Crippen LogP contribution in [0, 0.1) is 11.7 Å². The van der Waals surface area contributed by atoms with Gasteiger partial charge in [0.2, 0.25) is 5.91 Å². The summed E-state index contributed by atoms with van der Waals surface area (Å²) in [5.74, 6) is 1.68. The Balaban J connectivity index is 0.00000541. The zero-order valence-electron chi connectivity index (χ0n) is 29.4. The van der Waals surface area contributed by atoms with Gasteiger partial charge < -0.3 is 20.1 Å². The lowest BCUT2D eigenvalue weighted by atomic mass is 9.66. The molecule has 1 unspecified atom stereocenters. The Labute approximate surface area is 298 Å². The number of ether oxygens (including phenoxy) is 2. The number of carbonyl (C=O) groups excluding carboxylic acids is 1. The minimum atomic E-state index is -0.261. The zero-order chi connectivity index (χ0) is 34.0. The molecule has 4 aromatic rings. The van der Waals surface area contributed by atoms with Gasteiger partial charge in [-0.1, -0.05) is 93.1 Å². The van der Waals surface area contributed by atoms with Crippen LogP contribution in [0.15, 0.2) is 97.1 Å². The first kappa shape index (κ1) is 37.9. The van der Waals surface area contributed by atoms with E-state index in [4.69, 9.17) is 9.47 Å². The smallest absolute Gasteiger partial charge is 0.220 e. The summed E-state index contributed by atoms with van der Waals surface area (Å²) in [5, 5.41) is 7.13. The van der Waals surface area contributed by atoms with Crippen molar-refractivity contribution in [3.05, 3.63) is 131 Å². The van der Waals surface area contributed by atoms with Crippen molar-refractivity contribution in [2.75, 3.05) is 27.3 Å². The molecule has 1 aliphatic rings. The first-order chi connectivity index (χ1) is 23.3. The van der Waals surface area contributed by atoms with Gasteiger partial charge in [-0.2, -0.15) is 0 Å². The second kappa shape index (κ2) is 17.7. The Morgan fingerprint density at radius 3 is 2.06 bits per heavy atom. The zero-order valence-corrected chi connectivity index (χ0v) is 30.2. The molecule has 5 rings (SSSR count). The van der Waals surface area contributed by atoms with Crippen LogP contribution in [-0.2, 0) is 28.6 Å². The van der Waals surface area contributed by atoms with Crippen LogP contribution < -0.4 is 20.1 Å². The lowest BCUT2D eigenvalue weighted by Crippen LogP contribution is -2.51. The molecule has 2 N–H and O–H groups in total. The average Bonchev–Trinajstić information content (AvgIpc) is 3.12. The van der Waals surface area contributed by atoms with Crippen LogP contribution in [0.4, 0.5) is 4.39 Å². The lowest BCUT2D eigenvalue weighted by Gasteiger charge is -2.45. The molecule has 0 aliphatic carbocycles. The van der Waals surface area contributed by atoms with E-state index in [0.29, 0.717) is 25.3 Å². The molecule has 7 heteroatoms. The summed E-state index contributed by atoms with van der Waals surface area (Å²) >= 11 is 0. The molecule has 262 valence electrons. The molecular weight excluding hydrogens is 635 g/mol. The highest BCUT2D eigenvalue weighted by Crippen LogP contribution is 2.46. The van der Waals surface area contributed by atoms with E-state index < -0.39 is 0 Å². The molecule has 0 bridgehead atoms. The number of halogens is 2. The molecule has 49 heavy (non-hydrogen) atoms. The minimum Gasteiger partial charge on any atom is -0.493 e. The van der Waals surface area contributed by atoms with Gasteiger partial charge in [-0.25, -0.2) is 4.39 Å². The maximum Gasteiger partial charge on any atom is 0.220 e. The van der Waals surface area contributed by atoms with Crippen LogP contribution in [-0.4, -0.2) is 33.2 Å². The average molecular weight is 687 g/mol. The van der Waals surface area contributed by atoms with E-state index in [9.17, 15) is 9.18 Å². The summed E-state index contributed by atoms with van der Waals surface area (Å²) in [7, 11) is 3.41. The van der Waals surface area contributed by atoms with Gasteiger partial charge in [0.15, 0.2) is 11.5 Å². The molecule has 1 aliphatic heterocycles. The summed E-state index contributed by atoms with van der Waals surface area (Å²) in [6, 6.07) is 32.5.